The highest BCUT2D eigenvalue weighted by Crippen LogP contribution is 2.13. The molecule has 11 heavy (non-hydrogen) atoms. The number of hydrogen-bond acceptors (Lipinski definition) is 2. The minimum absolute atomic E-state index is 0.453. The van der Waals surface area contributed by atoms with Gasteiger partial charge >= 0.3 is 5.65 Å². The molecule has 0 aliphatic rings. The van der Waals surface area contributed by atoms with Gasteiger partial charge in [0.2, 0.25) is 11.3 Å². The molecule has 2 N–H and O–H groups in total. The van der Waals surface area contributed by atoms with Gasteiger partial charge in [-0.1, -0.05) is 16.6 Å². The van der Waals surface area contributed by atoms with Crippen molar-refractivity contribution in [2.24, 2.45) is 0 Å². The standard InChI is InChI=1S/C6H5ClN4/c1-3-10-5(7)4-6(11-3)9-2-8-4/h2H,1H3,(H,8,9,10,11)/p+1. The lowest BCUT2D eigenvalue weighted by Crippen LogP contribution is -1.99. The lowest BCUT2D eigenvalue weighted by Gasteiger charge is -1.86. The summed E-state index contributed by atoms with van der Waals surface area (Å²) in [5.41, 5.74) is 1.49. The molecule has 0 saturated carbocycles. The van der Waals surface area contributed by atoms with Crippen LogP contribution < -0.4 is 4.98 Å². The van der Waals surface area contributed by atoms with Crippen LogP contribution >= 0.6 is 11.6 Å². The third-order valence-electron chi connectivity index (χ3n) is 1.40. The number of halogens is 1. The largest absolute Gasteiger partial charge is 0.304 e. The maximum absolute atomic E-state index is 5.80. The third-order valence-corrected chi connectivity index (χ3v) is 1.68. The van der Waals surface area contributed by atoms with E-state index in [0.717, 1.165) is 11.2 Å². The van der Waals surface area contributed by atoms with Crippen LogP contribution in [0.4, 0.5) is 0 Å². The van der Waals surface area contributed by atoms with Crippen molar-refractivity contribution in [2.75, 3.05) is 0 Å². The second kappa shape index (κ2) is 2.17. The predicted octanol–water partition coefficient (Wildman–Crippen LogP) is 0.734. The Kier molecular flexibility index (Phi) is 1.29. The minimum Gasteiger partial charge on any atom is -0.271 e. The molecule has 5 heteroatoms. The van der Waals surface area contributed by atoms with Crippen LogP contribution in [-0.2, 0) is 0 Å². The van der Waals surface area contributed by atoms with E-state index in [1.54, 1.807) is 13.3 Å². The summed E-state index contributed by atoms with van der Waals surface area (Å²) in [4.78, 5) is 13.9. The first kappa shape index (κ1) is 6.54. The summed E-state index contributed by atoms with van der Waals surface area (Å²) in [6.07, 6.45) is 1.67. The van der Waals surface area contributed by atoms with Gasteiger partial charge in [-0.2, -0.15) is 0 Å². The van der Waals surface area contributed by atoms with Gasteiger partial charge in [-0.3, -0.25) is 4.98 Å². The molecule has 0 bridgehead atoms. The molecule has 2 aromatic heterocycles. The maximum Gasteiger partial charge on any atom is 0.304 e. The Bertz CT molecular complexity index is 394. The highest BCUT2D eigenvalue weighted by Gasteiger charge is 2.10. The molecule has 0 aliphatic heterocycles. The van der Waals surface area contributed by atoms with Gasteiger partial charge in [0, 0.05) is 6.92 Å². The summed E-state index contributed by atoms with van der Waals surface area (Å²) in [6.45, 7) is 1.80. The van der Waals surface area contributed by atoms with Crippen molar-refractivity contribution in [1.29, 1.82) is 0 Å². The van der Waals surface area contributed by atoms with E-state index < -0.39 is 0 Å². The van der Waals surface area contributed by atoms with E-state index in [0.29, 0.717) is 11.0 Å². The highest BCUT2D eigenvalue weighted by atomic mass is 35.5. The van der Waals surface area contributed by atoms with Crippen LogP contribution in [-0.4, -0.2) is 15.0 Å². The van der Waals surface area contributed by atoms with E-state index in [2.05, 4.69) is 19.9 Å². The maximum atomic E-state index is 5.80. The SMILES string of the molecule is Cc1nc(Cl)c2[nH]c[nH+]c2n1. The van der Waals surface area contributed by atoms with Crippen molar-refractivity contribution in [3.05, 3.63) is 17.3 Å². The van der Waals surface area contributed by atoms with Gasteiger partial charge in [-0.25, -0.2) is 9.97 Å². The Balaban J connectivity index is 2.91. The monoisotopic (exact) mass is 169 g/mol. The number of rotatable bonds is 0. The smallest absolute Gasteiger partial charge is 0.271 e. The van der Waals surface area contributed by atoms with E-state index in [4.69, 9.17) is 11.6 Å². The fourth-order valence-electron chi connectivity index (χ4n) is 0.947. The molecule has 0 aromatic carbocycles. The molecule has 0 amide bonds. The zero-order valence-electron chi connectivity index (χ0n) is 5.85. The summed E-state index contributed by atoms with van der Waals surface area (Å²) in [6, 6.07) is 0. The fourth-order valence-corrected chi connectivity index (χ4v) is 1.21. The van der Waals surface area contributed by atoms with Crippen molar-refractivity contribution in [2.45, 2.75) is 6.92 Å². The number of imidazole rings is 1. The molecule has 4 nitrogen and oxygen atoms in total. The average molecular weight is 170 g/mol. The van der Waals surface area contributed by atoms with Crippen molar-refractivity contribution in [1.82, 2.24) is 15.0 Å². The van der Waals surface area contributed by atoms with Gasteiger partial charge in [0.15, 0.2) is 11.5 Å². The molecule has 2 aromatic rings. The molecule has 2 rings (SSSR count). The lowest BCUT2D eigenvalue weighted by atomic mass is 10.5. The Labute approximate surface area is 67.6 Å². The van der Waals surface area contributed by atoms with Crippen LogP contribution in [0.3, 0.4) is 0 Å². The average Bonchev–Trinajstić information content (AvgIpc) is 2.34. The van der Waals surface area contributed by atoms with Gasteiger partial charge in [0.25, 0.3) is 0 Å². The van der Waals surface area contributed by atoms with Crippen LogP contribution in [0.15, 0.2) is 6.33 Å². The van der Waals surface area contributed by atoms with Gasteiger partial charge in [0.1, 0.15) is 0 Å². The van der Waals surface area contributed by atoms with Gasteiger partial charge in [-0.05, 0) is 0 Å². The molecule has 56 valence electrons. The van der Waals surface area contributed by atoms with Crippen molar-refractivity contribution in [3.63, 3.8) is 0 Å². The second-order valence-corrected chi connectivity index (χ2v) is 2.58. The summed E-state index contributed by atoms with van der Waals surface area (Å²) in [5, 5.41) is 0.453. The topological polar surface area (TPSA) is 55.7 Å². The van der Waals surface area contributed by atoms with E-state index in [1.165, 1.54) is 0 Å². The van der Waals surface area contributed by atoms with Crippen molar-refractivity contribution >= 4 is 22.8 Å². The summed E-state index contributed by atoms with van der Waals surface area (Å²) in [7, 11) is 0. The quantitative estimate of drug-likeness (QED) is 0.592. The first-order valence-electron chi connectivity index (χ1n) is 3.16. The Hall–Kier alpha value is -1.16. The Morgan fingerprint density at radius 2 is 2.36 bits per heavy atom. The summed E-state index contributed by atoms with van der Waals surface area (Å²) in [5.74, 6) is 0.665. The number of nitrogens with zero attached hydrogens (tertiary/aromatic N) is 2. The van der Waals surface area contributed by atoms with Crippen LogP contribution in [0, 0.1) is 6.92 Å². The predicted molar refractivity (Wildman–Crippen MR) is 40.2 cm³/mol. The third kappa shape index (κ3) is 0.952. The number of aromatic nitrogens is 4. The minimum atomic E-state index is 0.453. The molecular formula is C6H6ClN4+. The number of hydrogen-bond donors (Lipinski definition) is 1. The van der Waals surface area contributed by atoms with E-state index >= 15 is 0 Å². The number of H-pyrrole nitrogens is 2. The Morgan fingerprint density at radius 1 is 1.55 bits per heavy atom. The van der Waals surface area contributed by atoms with Gasteiger partial charge in [-0.15, -0.1) is 0 Å². The van der Waals surface area contributed by atoms with Crippen LogP contribution in [0.25, 0.3) is 11.2 Å². The number of aryl methyl sites for hydroxylation is 1. The highest BCUT2D eigenvalue weighted by molar-refractivity contribution is 6.33. The molecule has 2 heterocycles. The van der Waals surface area contributed by atoms with Crippen molar-refractivity contribution in [3.8, 4) is 0 Å². The number of nitrogens with one attached hydrogen (secondary N) is 2. The van der Waals surface area contributed by atoms with Crippen LogP contribution in [0.1, 0.15) is 5.82 Å². The zero-order valence-corrected chi connectivity index (χ0v) is 6.61. The lowest BCUT2D eigenvalue weighted by molar-refractivity contribution is -0.347. The Morgan fingerprint density at radius 3 is 3.18 bits per heavy atom. The van der Waals surface area contributed by atoms with Gasteiger partial charge in [0.05, 0.1) is 0 Å². The molecule has 0 spiro atoms. The molecule has 0 unspecified atom stereocenters. The molecule has 0 fully saturated rings. The fraction of sp³-hybridized carbons (Fsp3) is 0.167. The first-order valence-corrected chi connectivity index (χ1v) is 3.54. The molecular weight excluding hydrogens is 164 g/mol. The van der Waals surface area contributed by atoms with Crippen molar-refractivity contribution < 1.29 is 4.98 Å². The molecule has 0 saturated heterocycles. The zero-order chi connectivity index (χ0) is 7.84. The van der Waals surface area contributed by atoms with E-state index in [1.807, 2.05) is 0 Å². The number of aromatic amines is 2. The molecule has 0 aliphatic carbocycles. The van der Waals surface area contributed by atoms with E-state index in [9.17, 15) is 0 Å². The molecule has 0 atom stereocenters. The van der Waals surface area contributed by atoms with Crippen LogP contribution in [0.5, 0.6) is 0 Å². The second-order valence-electron chi connectivity index (χ2n) is 2.22. The normalized spacial score (nSPS) is 10.7. The van der Waals surface area contributed by atoms with E-state index in [-0.39, 0.29) is 0 Å². The summed E-state index contributed by atoms with van der Waals surface area (Å²) >= 11 is 5.80. The summed E-state index contributed by atoms with van der Waals surface area (Å²) < 4.78 is 0. The molecule has 0 radical (unpaired) electrons. The van der Waals surface area contributed by atoms with Gasteiger partial charge < -0.3 is 0 Å². The number of fused-ring (bicyclic) bond motifs is 1. The van der Waals surface area contributed by atoms with Crippen LogP contribution in [0.2, 0.25) is 5.15 Å². The first-order chi connectivity index (χ1) is 5.27.